The van der Waals surface area contributed by atoms with E-state index in [9.17, 15) is 14.7 Å². The number of carbonyl (C=O) groups excluding carboxylic acids is 2. The van der Waals surface area contributed by atoms with Gasteiger partial charge in [0.05, 0.1) is 56.2 Å². The van der Waals surface area contributed by atoms with Gasteiger partial charge in [-0.1, -0.05) is 64.1 Å². The number of carbonyl (C=O) groups is 2. The number of imidazole rings is 2. The lowest BCUT2D eigenvalue weighted by Gasteiger charge is -2.37. The predicted octanol–water partition coefficient (Wildman–Crippen LogP) is 9.89. The molecule has 3 aliphatic heterocycles. The van der Waals surface area contributed by atoms with Crippen LogP contribution in [0.1, 0.15) is 134 Å². The highest BCUT2D eigenvalue weighted by molar-refractivity contribution is 7.44. The number of benzene rings is 2. The number of rotatable bonds is 14. The van der Waals surface area contributed by atoms with Crippen LogP contribution in [0.3, 0.4) is 0 Å². The fourth-order valence-corrected chi connectivity index (χ4v) is 12.7. The van der Waals surface area contributed by atoms with Gasteiger partial charge in [-0.15, -0.1) is 0 Å². The zero-order chi connectivity index (χ0) is 53.9. The second kappa shape index (κ2) is 26.4. The molecule has 5 fully saturated rings. The van der Waals surface area contributed by atoms with Crippen molar-refractivity contribution in [2.24, 2.45) is 23.7 Å². The largest absolute Gasteiger partial charge is 0.393 e. The monoisotopic (exact) mass is 1060 g/mol. The Hall–Kier alpha value is -5.88. The number of aliphatic hydroxyl groups is 1. The molecule has 3 saturated heterocycles. The van der Waals surface area contributed by atoms with Crippen LogP contribution in [0, 0.1) is 35.0 Å². The van der Waals surface area contributed by atoms with Crippen LogP contribution in [0.25, 0.3) is 22.3 Å². The molecule has 406 valence electrons. The van der Waals surface area contributed by atoms with E-state index in [4.69, 9.17) is 28.5 Å². The molecule has 0 radical (unpaired) electrons. The van der Waals surface area contributed by atoms with Crippen molar-refractivity contribution in [2.45, 2.75) is 149 Å². The van der Waals surface area contributed by atoms with Gasteiger partial charge in [-0.3, -0.25) is 18.7 Å². The van der Waals surface area contributed by atoms with Crippen molar-refractivity contribution >= 4 is 54.3 Å². The molecule has 2 aliphatic carbocycles. The SMILES string of the molecule is C1CCOC1.CC.CC(C)N(C(C)C)P(OCCC#N)O[C@@H]1C[C@@H](C)[C@H]2O[C@@H](n3cnc4c(NC(=O)c5ccccc5)ncnc43)C[C@H]21.C[C@@H]1C[C@@H](O)[C@@H]2C[C@H](n3cnc4c(NC(=O)c5ccccc5)ncnc43)O[C@@H]21. The van der Waals surface area contributed by atoms with Crippen LogP contribution in [0.15, 0.2) is 86.0 Å². The summed E-state index contributed by atoms with van der Waals surface area (Å²) in [5.41, 5.74) is 3.31. The average molecular weight is 1060 g/mol. The molecule has 5 aliphatic rings. The molecule has 7 heterocycles. The number of amides is 2. The Morgan fingerprint density at radius 1 is 0.737 bits per heavy atom. The van der Waals surface area contributed by atoms with Gasteiger partial charge in [-0.2, -0.15) is 5.26 Å². The highest BCUT2D eigenvalue weighted by Crippen LogP contribution is 2.55. The molecule has 21 heteroatoms. The summed E-state index contributed by atoms with van der Waals surface area (Å²) in [6.45, 7) is 19.2. The first kappa shape index (κ1) is 56.3. The summed E-state index contributed by atoms with van der Waals surface area (Å²) in [7, 11) is -1.34. The summed E-state index contributed by atoms with van der Waals surface area (Å²) in [6, 6.07) is 20.6. The van der Waals surface area contributed by atoms with Gasteiger partial charge in [0, 0.05) is 61.1 Å². The number of aromatic nitrogens is 8. The van der Waals surface area contributed by atoms with Crippen molar-refractivity contribution in [3.63, 3.8) is 0 Å². The van der Waals surface area contributed by atoms with Crippen LogP contribution in [0.2, 0.25) is 0 Å². The van der Waals surface area contributed by atoms with Gasteiger partial charge >= 0.3 is 0 Å². The Bertz CT molecular complexity index is 2830. The number of aliphatic hydroxyl groups excluding tert-OH is 1. The summed E-state index contributed by atoms with van der Waals surface area (Å²) in [5.74, 6) is 1.17. The number of nitrogens with one attached hydrogen (secondary N) is 2. The Balaban J connectivity index is 0.000000188. The molecule has 20 nitrogen and oxygen atoms in total. The fraction of sp³-hybridized carbons (Fsp3) is 0.545. The van der Waals surface area contributed by atoms with Crippen molar-refractivity contribution in [3.05, 3.63) is 97.1 Å². The van der Waals surface area contributed by atoms with Crippen LogP contribution < -0.4 is 10.6 Å². The maximum Gasteiger partial charge on any atom is 0.259 e. The molecule has 3 N–H and O–H groups in total. The average Bonchev–Trinajstić information content (AvgIpc) is 4.31. The Kier molecular flexibility index (Phi) is 19.6. The third-order valence-electron chi connectivity index (χ3n) is 14.3. The highest BCUT2D eigenvalue weighted by Gasteiger charge is 2.52. The van der Waals surface area contributed by atoms with Crippen molar-refractivity contribution < 1.29 is 38.0 Å². The van der Waals surface area contributed by atoms with Gasteiger partial charge in [-0.25, -0.2) is 34.6 Å². The van der Waals surface area contributed by atoms with Gasteiger partial charge in [0.15, 0.2) is 34.0 Å². The lowest BCUT2D eigenvalue weighted by Crippen LogP contribution is -2.35. The molecular weight excluding hydrogens is 988 g/mol. The van der Waals surface area contributed by atoms with E-state index in [1.54, 1.807) is 36.9 Å². The maximum atomic E-state index is 12.8. The zero-order valence-corrected chi connectivity index (χ0v) is 45.7. The molecule has 2 aromatic carbocycles. The predicted molar refractivity (Wildman–Crippen MR) is 289 cm³/mol. The lowest BCUT2D eigenvalue weighted by molar-refractivity contribution is -0.0180. The van der Waals surface area contributed by atoms with Crippen molar-refractivity contribution in [3.8, 4) is 6.07 Å². The first-order valence-electron chi connectivity index (χ1n) is 26.8. The topological polar surface area (TPSA) is 239 Å². The van der Waals surface area contributed by atoms with Gasteiger partial charge < -0.3 is 39.0 Å². The summed E-state index contributed by atoms with van der Waals surface area (Å²) < 4.78 is 36.8. The van der Waals surface area contributed by atoms with Gasteiger partial charge in [0.2, 0.25) is 0 Å². The minimum Gasteiger partial charge on any atom is -0.393 e. The number of hydrogen-bond donors (Lipinski definition) is 3. The number of nitriles is 1. The molecule has 0 spiro atoms. The van der Waals surface area contributed by atoms with Crippen LogP contribution in [-0.4, -0.2) is 117 Å². The Morgan fingerprint density at radius 2 is 1.22 bits per heavy atom. The number of nitrogens with zero attached hydrogens (tertiary/aromatic N) is 10. The number of hydrogen-bond acceptors (Lipinski definition) is 16. The minimum absolute atomic E-state index is 0.0293. The molecule has 4 aromatic heterocycles. The summed E-state index contributed by atoms with van der Waals surface area (Å²) in [6.07, 6.45) is 11.5. The second-order valence-electron chi connectivity index (χ2n) is 20.1. The standard InChI is InChI=1S/C29H38N7O4P.C20H21N5O3.C4H8O.C2H6/c1-18(2)36(19(3)4)41(38-13-9-12-30)40-23-14-20(5)26-22(23)15-24(39-26)35-17-33-25-27(31-16-32-28(25)35)34-29(37)21-10-7-6-8-11-21;1-11-7-14(26)13-8-15(28-17(11)13)25-10-23-16-18(21-9-22-19(16)25)24-20(27)12-5-3-2-4-6-12;1-2-4-5-3-1;1-2/h6-8,10-11,16-20,22-24,26H,9,13-15H2,1-5H3,(H,31,32,34,37);2-6,9-11,13-15,17,26H,7-8H2,1H3,(H,21,22,24,27);1-4H2;1-2H3/t20-,22+,23-,24-,26-,41?;11-,13+,14-,15-,17-;;/m11../s1. The van der Waals surface area contributed by atoms with Gasteiger partial charge in [0.25, 0.3) is 20.3 Å². The van der Waals surface area contributed by atoms with E-state index < -0.39 is 8.53 Å². The zero-order valence-electron chi connectivity index (χ0n) is 44.8. The van der Waals surface area contributed by atoms with Crippen LogP contribution in [0.4, 0.5) is 11.6 Å². The van der Waals surface area contributed by atoms with Crippen molar-refractivity contribution in [1.82, 2.24) is 43.7 Å². The smallest absolute Gasteiger partial charge is 0.259 e. The minimum atomic E-state index is -1.34. The Morgan fingerprint density at radius 3 is 1.68 bits per heavy atom. The third kappa shape index (κ3) is 12.9. The molecule has 11 atom stereocenters. The highest BCUT2D eigenvalue weighted by atomic mass is 31.2. The van der Waals surface area contributed by atoms with E-state index >= 15 is 0 Å². The summed E-state index contributed by atoms with van der Waals surface area (Å²) >= 11 is 0. The first-order chi connectivity index (χ1) is 36.9. The molecular formula is C55H73N12O8P. The molecule has 1 unspecified atom stereocenters. The maximum absolute atomic E-state index is 12.8. The fourth-order valence-electron chi connectivity index (χ4n) is 10.9. The quantitative estimate of drug-likeness (QED) is 0.0679. The molecule has 76 heavy (non-hydrogen) atoms. The third-order valence-corrected chi connectivity index (χ3v) is 16.5. The normalized spacial score (nSPS) is 25.7. The Labute approximate surface area is 446 Å². The molecule has 11 rings (SSSR count). The first-order valence-corrected chi connectivity index (χ1v) is 27.9. The van der Waals surface area contributed by atoms with Crippen molar-refractivity contribution in [1.29, 1.82) is 5.26 Å². The van der Waals surface area contributed by atoms with Gasteiger partial charge in [0.1, 0.15) is 25.1 Å². The van der Waals surface area contributed by atoms with E-state index in [2.05, 4.69) is 92.8 Å². The van der Waals surface area contributed by atoms with Crippen molar-refractivity contribution in [2.75, 3.05) is 30.5 Å². The number of fused-ring (bicyclic) bond motifs is 4. The summed E-state index contributed by atoms with van der Waals surface area (Å²) in [5, 5.41) is 25.0. The van der Waals surface area contributed by atoms with E-state index in [0.717, 1.165) is 38.9 Å². The second-order valence-corrected chi connectivity index (χ2v) is 21.6. The van der Waals surface area contributed by atoms with E-state index in [0.29, 0.717) is 70.0 Å². The summed E-state index contributed by atoms with van der Waals surface area (Å²) in [4.78, 5) is 51.5. The van der Waals surface area contributed by atoms with Crippen LogP contribution in [0.5, 0.6) is 0 Å². The molecule has 2 saturated carbocycles. The van der Waals surface area contributed by atoms with Crippen LogP contribution in [-0.2, 0) is 23.3 Å². The molecule has 0 bridgehead atoms. The lowest BCUT2D eigenvalue weighted by atomic mass is 10.0. The van der Waals surface area contributed by atoms with E-state index in [1.807, 2.05) is 59.4 Å². The van der Waals surface area contributed by atoms with Gasteiger partial charge in [-0.05, 0) is 89.5 Å². The van der Waals surface area contributed by atoms with E-state index in [-0.39, 0.29) is 72.6 Å². The van der Waals surface area contributed by atoms with Crippen LogP contribution >= 0.6 is 8.53 Å². The number of ether oxygens (including phenoxy) is 3. The molecule has 2 amide bonds. The molecule has 6 aromatic rings. The van der Waals surface area contributed by atoms with E-state index in [1.165, 1.54) is 25.5 Å². The number of anilines is 2.